The molecule has 0 aliphatic carbocycles. The normalized spacial score (nSPS) is 12.2. The van der Waals surface area contributed by atoms with Crippen LogP contribution in [0.2, 0.25) is 0 Å². The zero-order chi connectivity index (χ0) is 10.7. The van der Waals surface area contributed by atoms with Crippen LogP contribution in [-0.4, -0.2) is 5.97 Å². The van der Waals surface area contributed by atoms with Crippen molar-refractivity contribution in [2.24, 2.45) is 0 Å². The molecule has 1 aromatic rings. The van der Waals surface area contributed by atoms with E-state index in [1.807, 2.05) is 13.0 Å². The molecule has 0 aliphatic heterocycles. The van der Waals surface area contributed by atoms with Gasteiger partial charge in [0.25, 0.3) is 0 Å². The largest absolute Gasteiger partial charge is 0.462 e. The summed E-state index contributed by atoms with van der Waals surface area (Å²) in [5.74, 6) is 1.06. The van der Waals surface area contributed by atoms with Gasteiger partial charge in [0.2, 0.25) is 0 Å². The topological polar surface area (TPSA) is 39.4 Å². The highest BCUT2D eigenvalue weighted by molar-refractivity contribution is 5.87. The Labute approximate surface area is 83.4 Å². The Bertz CT molecular complexity index is 349. The zero-order valence-electron chi connectivity index (χ0n) is 8.66. The number of carbonyl (C=O) groups is 1. The van der Waals surface area contributed by atoms with Crippen LogP contribution in [0.25, 0.3) is 0 Å². The molecule has 0 aliphatic rings. The highest BCUT2D eigenvalue weighted by Crippen LogP contribution is 2.20. The maximum atomic E-state index is 11.2. The van der Waals surface area contributed by atoms with Crippen LogP contribution >= 0.6 is 0 Å². The highest BCUT2D eigenvalue weighted by atomic mass is 16.6. The molecule has 0 fully saturated rings. The van der Waals surface area contributed by atoms with E-state index in [-0.39, 0.29) is 6.10 Å². The van der Waals surface area contributed by atoms with Crippen molar-refractivity contribution in [3.05, 3.63) is 35.8 Å². The molecule has 1 unspecified atom stereocenters. The van der Waals surface area contributed by atoms with Gasteiger partial charge in [-0.2, -0.15) is 0 Å². The number of rotatable bonds is 3. The van der Waals surface area contributed by atoms with Crippen LogP contribution < -0.4 is 0 Å². The van der Waals surface area contributed by atoms with Crippen LogP contribution in [0.15, 0.2) is 28.7 Å². The van der Waals surface area contributed by atoms with E-state index in [9.17, 15) is 4.79 Å². The number of esters is 1. The fourth-order valence-electron chi connectivity index (χ4n) is 0.991. The van der Waals surface area contributed by atoms with Crippen LogP contribution in [0.1, 0.15) is 31.5 Å². The maximum Gasteiger partial charge on any atom is 0.333 e. The Morgan fingerprint density at radius 2 is 2.21 bits per heavy atom. The summed E-state index contributed by atoms with van der Waals surface area (Å²) in [4.78, 5) is 11.2. The molecule has 0 N–H and O–H groups in total. The molecule has 0 saturated carbocycles. The third-order valence-corrected chi connectivity index (χ3v) is 1.79. The predicted molar refractivity (Wildman–Crippen MR) is 52.8 cm³/mol. The number of ether oxygens (including phenoxy) is 1. The molecule has 0 amide bonds. The number of hydrogen-bond acceptors (Lipinski definition) is 3. The minimum Gasteiger partial charge on any atom is -0.462 e. The second-order valence-corrected chi connectivity index (χ2v) is 3.28. The molecule has 14 heavy (non-hydrogen) atoms. The first kappa shape index (κ1) is 10.6. The van der Waals surface area contributed by atoms with Crippen LogP contribution in [0.5, 0.6) is 0 Å². The second kappa shape index (κ2) is 4.13. The van der Waals surface area contributed by atoms with Crippen molar-refractivity contribution < 1.29 is 13.9 Å². The van der Waals surface area contributed by atoms with Gasteiger partial charge in [0, 0.05) is 5.57 Å². The van der Waals surface area contributed by atoms with Crippen molar-refractivity contribution in [3.8, 4) is 0 Å². The SMILES string of the molecule is C=C(C)C(=O)OC(C)c1ccc(C)o1. The Morgan fingerprint density at radius 1 is 1.57 bits per heavy atom. The summed E-state index contributed by atoms with van der Waals surface area (Å²) in [6.07, 6.45) is -0.368. The minimum atomic E-state index is -0.397. The van der Waals surface area contributed by atoms with Gasteiger partial charge >= 0.3 is 5.97 Å². The fourth-order valence-corrected chi connectivity index (χ4v) is 0.991. The lowest BCUT2D eigenvalue weighted by Crippen LogP contribution is -2.08. The quantitative estimate of drug-likeness (QED) is 0.548. The predicted octanol–water partition coefficient (Wildman–Crippen LogP) is 2.77. The summed E-state index contributed by atoms with van der Waals surface area (Å²) in [6, 6.07) is 3.63. The third-order valence-electron chi connectivity index (χ3n) is 1.79. The van der Waals surface area contributed by atoms with Gasteiger partial charge in [-0.3, -0.25) is 0 Å². The molecule has 3 nitrogen and oxygen atoms in total. The number of carbonyl (C=O) groups excluding carboxylic acids is 1. The van der Waals surface area contributed by atoms with Crippen molar-refractivity contribution >= 4 is 5.97 Å². The Morgan fingerprint density at radius 3 is 2.64 bits per heavy atom. The minimum absolute atomic E-state index is 0.368. The summed E-state index contributed by atoms with van der Waals surface area (Å²) in [5, 5.41) is 0. The number of aryl methyl sites for hydroxylation is 1. The summed E-state index contributed by atoms with van der Waals surface area (Å²) >= 11 is 0. The molecule has 3 heteroatoms. The van der Waals surface area contributed by atoms with Crippen molar-refractivity contribution in [3.63, 3.8) is 0 Å². The number of furan rings is 1. The van der Waals surface area contributed by atoms with Crippen molar-refractivity contribution in [2.45, 2.75) is 26.9 Å². The highest BCUT2D eigenvalue weighted by Gasteiger charge is 2.14. The van der Waals surface area contributed by atoms with E-state index in [1.165, 1.54) is 0 Å². The van der Waals surface area contributed by atoms with Crippen molar-refractivity contribution in [1.82, 2.24) is 0 Å². The lowest BCUT2D eigenvalue weighted by molar-refractivity contribution is -0.144. The first-order valence-corrected chi connectivity index (χ1v) is 4.43. The van der Waals surface area contributed by atoms with E-state index in [0.717, 1.165) is 5.76 Å². The van der Waals surface area contributed by atoms with Gasteiger partial charge in [-0.25, -0.2) is 4.79 Å². The van der Waals surface area contributed by atoms with Crippen molar-refractivity contribution in [2.75, 3.05) is 0 Å². The molecule has 0 saturated heterocycles. The Kier molecular flexibility index (Phi) is 3.12. The van der Waals surface area contributed by atoms with Gasteiger partial charge in [0.05, 0.1) is 0 Å². The first-order valence-electron chi connectivity index (χ1n) is 4.43. The molecular weight excluding hydrogens is 180 g/mol. The molecule has 1 heterocycles. The first-order chi connectivity index (χ1) is 6.50. The van der Waals surface area contributed by atoms with Crippen LogP contribution in [-0.2, 0) is 9.53 Å². The van der Waals surface area contributed by atoms with E-state index < -0.39 is 5.97 Å². The third kappa shape index (κ3) is 2.49. The maximum absolute atomic E-state index is 11.2. The van der Waals surface area contributed by atoms with Gasteiger partial charge in [-0.15, -0.1) is 0 Å². The van der Waals surface area contributed by atoms with Gasteiger partial charge in [0.15, 0.2) is 6.10 Å². The average Bonchev–Trinajstić information content (AvgIpc) is 2.51. The molecule has 1 atom stereocenters. The molecule has 0 bridgehead atoms. The average molecular weight is 194 g/mol. The van der Waals surface area contributed by atoms with Crippen molar-refractivity contribution in [1.29, 1.82) is 0 Å². The molecular formula is C11H14O3. The van der Waals surface area contributed by atoms with Gasteiger partial charge < -0.3 is 9.15 Å². The Hall–Kier alpha value is -1.51. The summed E-state index contributed by atoms with van der Waals surface area (Å²) in [6.45, 7) is 8.72. The monoisotopic (exact) mass is 194 g/mol. The lowest BCUT2D eigenvalue weighted by Gasteiger charge is -2.10. The van der Waals surface area contributed by atoms with E-state index in [4.69, 9.17) is 9.15 Å². The molecule has 76 valence electrons. The van der Waals surface area contributed by atoms with E-state index in [1.54, 1.807) is 19.9 Å². The Balaban J connectivity index is 2.63. The molecule has 0 radical (unpaired) electrons. The van der Waals surface area contributed by atoms with E-state index >= 15 is 0 Å². The summed E-state index contributed by atoms with van der Waals surface area (Å²) in [5.41, 5.74) is 0.389. The van der Waals surface area contributed by atoms with Gasteiger partial charge in [-0.1, -0.05) is 6.58 Å². The molecule has 0 spiro atoms. The van der Waals surface area contributed by atoms with Crippen LogP contribution in [0, 0.1) is 6.92 Å². The smallest absolute Gasteiger partial charge is 0.333 e. The molecule has 1 rings (SSSR count). The van der Waals surface area contributed by atoms with Crippen LogP contribution in [0.4, 0.5) is 0 Å². The fraction of sp³-hybridized carbons (Fsp3) is 0.364. The second-order valence-electron chi connectivity index (χ2n) is 3.28. The molecule has 1 aromatic heterocycles. The molecule has 0 aromatic carbocycles. The standard InChI is InChI=1S/C11H14O3/c1-7(2)11(12)14-9(4)10-6-5-8(3)13-10/h5-6,9H,1H2,2-4H3. The van der Waals surface area contributed by atoms with E-state index in [0.29, 0.717) is 11.3 Å². The van der Waals surface area contributed by atoms with E-state index in [2.05, 4.69) is 6.58 Å². The summed E-state index contributed by atoms with van der Waals surface area (Å²) < 4.78 is 10.4. The zero-order valence-corrected chi connectivity index (χ0v) is 8.66. The lowest BCUT2D eigenvalue weighted by atomic mass is 10.3. The van der Waals surface area contributed by atoms with Crippen LogP contribution in [0.3, 0.4) is 0 Å². The van der Waals surface area contributed by atoms with Gasteiger partial charge in [0.1, 0.15) is 11.5 Å². The summed E-state index contributed by atoms with van der Waals surface area (Å²) in [7, 11) is 0. The van der Waals surface area contributed by atoms with Gasteiger partial charge in [-0.05, 0) is 32.9 Å². The number of hydrogen-bond donors (Lipinski definition) is 0.